The third kappa shape index (κ3) is 5.30. The second kappa shape index (κ2) is 8.64. The van der Waals surface area contributed by atoms with Crippen molar-refractivity contribution in [3.05, 3.63) is 52.7 Å². The van der Waals surface area contributed by atoms with Gasteiger partial charge in [0.25, 0.3) is 0 Å². The third-order valence-electron chi connectivity index (χ3n) is 6.89. The molecule has 5 heteroatoms. The molecule has 0 aliphatic heterocycles. The maximum atomic E-state index is 11.4. The first-order valence-corrected chi connectivity index (χ1v) is 12.8. The highest BCUT2D eigenvalue weighted by molar-refractivity contribution is 5.71. The Balaban J connectivity index is 2.33. The maximum absolute atomic E-state index is 11.4. The molecule has 196 valence electrons. The standard InChI is InChI=1S/C31H45N3O2/c1-28(2,3)19-14-21(26(35)22(15-19)30(7,8)9)25-18-34(32-33(25)13)24-17-20(29(4,5)6)16-23(27(24)36)31(10,11)12/h14-18H,1-13H3,(H-,32,35,36)/p+1. The maximum Gasteiger partial charge on any atom is 0.201 e. The highest BCUT2D eigenvalue weighted by Crippen LogP contribution is 2.42. The van der Waals surface area contributed by atoms with Crippen molar-refractivity contribution >= 4 is 0 Å². The van der Waals surface area contributed by atoms with E-state index in [1.54, 1.807) is 9.36 Å². The van der Waals surface area contributed by atoms with Gasteiger partial charge in [-0.15, -0.1) is 4.68 Å². The van der Waals surface area contributed by atoms with Crippen LogP contribution >= 0.6 is 0 Å². The Morgan fingerprint density at radius 3 is 1.53 bits per heavy atom. The van der Waals surface area contributed by atoms with E-state index in [0.717, 1.165) is 33.5 Å². The van der Waals surface area contributed by atoms with Gasteiger partial charge in [-0.1, -0.05) is 99.9 Å². The topological polar surface area (TPSA) is 62.2 Å². The van der Waals surface area contributed by atoms with E-state index in [0.29, 0.717) is 5.69 Å². The fourth-order valence-corrected chi connectivity index (χ4v) is 4.41. The molecule has 0 spiro atoms. The molecule has 0 radical (unpaired) electrons. The SMILES string of the molecule is Cn1n[n+](-c2cc(C(C)(C)C)cc(C(C)(C)C)c2O)cc1-c1cc(C(C)(C)C)cc(C(C)(C)C)c1O. The first-order chi connectivity index (χ1) is 16.1. The van der Waals surface area contributed by atoms with E-state index in [-0.39, 0.29) is 33.2 Å². The largest absolute Gasteiger partial charge is 0.507 e. The average Bonchev–Trinajstić information content (AvgIpc) is 3.05. The van der Waals surface area contributed by atoms with Gasteiger partial charge in [-0.25, -0.2) is 0 Å². The van der Waals surface area contributed by atoms with Gasteiger partial charge >= 0.3 is 0 Å². The van der Waals surface area contributed by atoms with E-state index < -0.39 is 0 Å². The number of hydrogen-bond acceptors (Lipinski definition) is 3. The lowest BCUT2D eigenvalue weighted by Gasteiger charge is -2.27. The smallest absolute Gasteiger partial charge is 0.201 e. The highest BCUT2D eigenvalue weighted by Gasteiger charge is 2.31. The summed E-state index contributed by atoms with van der Waals surface area (Å²) in [5.74, 6) is 0.502. The van der Waals surface area contributed by atoms with E-state index in [2.05, 4.69) is 101 Å². The molecule has 3 rings (SSSR count). The number of aromatic hydroxyl groups is 2. The van der Waals surface area contributed by atoms with Gasteiger partial charge in [0.1, 0.15) is 12.8 Å². The molecule has 0 amide bonds. The number of phenolic OH excluding ortho intramolecular Hbond substituents is 2. The van der Waals surface area contributed by atoms with Crippen molar-refractivity contribution in [1.29, 1.82) is 0 Å². The van der Waals surface area contributed by atoms with Gasteiger partial charge < -0.3 is 10.2 Å². The van der Waals surface area contributed by atoms with Crippen LogP contribution in [0.5, 0.6) is 11.5 Å². The van der Waals surface area contributed by atoms with Gasteiger partial charge in [0, 0.05) is 11.1 Å². The molecule has 5 nitrogen and oxygen atoms in total. The minimum atomic E-state index is -0.237. The van der Waals surface area contributed by atoms with E-state index in [9.17, 15) is 10.2 Å². The third-order valence-corrected chi connectivity index (χ3v) is 6.89. The molecule has 0 unspecified atom stereocenters. The van der Waals surface area contributed by atoms with Gasteiger partial charge in [0.05, 0.1) is 10.8 Å². The molecular formula is C31H46N3O2+. The lowest BCUT2D eigenvalue weighted by Crippen LogP contribution is -2.34. The summed E-state index contributed by atoms with van der Waals surface area (Å²) in [7, 11) is 1.88. The summed E-state index contributed by atoms with van der Waals surface area (Å²) in [5, 5.41) is 27.6. The van der Waals surface area contributed by atoms with Crippen molar-refractivity contribution in [3.63, 3.8) is 0 Å². The Morgan fingerprint density at radius 2 is 1.08 bits per heavy atom. The molecule has 1 aromatic heterocycles. The Bertz CT molecular complexity index is 1290. The minimum Gasteiger partial charge on any atom is -0.507 e. The zero-order valence-electron chi connectivity index (χ0n) is 24.6. The van der Waals surface area contributed by atoms with Gasteiger partial charge in [0.2, 0.25) is 5.69 Å². The van der Waals surface area contributed by atoms with Crippen LogP contribution in [0.15, 0.2) is 30.5 Å². The summed E-state index contributed by atoms with van der Waals surface area (Å²) < 4.78 is 3.50. The molecular weight excluding hydrogens is 446 g/mol. The fraction of sp³-hybridized carbons (Fsp3) is 0.548. The summed E-state index contributed by atoms with van der Waals surface area (Å²) in [4.78, 5) is 0. The second-order valence-electron chi connectivity index (χ2n) is 14.3. The molecule has 0 fully saturated rings. The summed E-state index contributed by atoms with van der Waals surface area (Å²) in [6.07, 6.45) is 1.90. The molecule has 1 heterocycles. The van der Waals surface area contributed by atoms with Gasteiger partial charge in [0.15, 0.2) is 17.6 Å². The zero-order chi connectivity index (χ0) is 27.6. The molecule has 2 aromatic carbocycles. The summed E-state index contributed by atoms with van der Waals surface area (Å²) in [6, 6.07) is 8.32. The summed E-state index contributed by atoms with van der Waals surface area (Å²) in [5.41, 5.74) is 5.59. The van der Waals surface area contributed by atoms with Crippen LogP contribution < -0.4 is 4.68 Å². The molecule has 0 saturated carbocycles. The number of aromatic nitrogens is 3. The summed E-state index contributed by atoms with van der Waals surface area (Å²) >= 11 is 0. The van der Waals surface area contributed by atoms with Crippen LogP contribution in [0.25, 0.3) is 16.9 Å². The highest BCUT2D eigenvalue weighted by atomic mass is 16.3. The number of phenols is 2. The number of aryl methyl sites for hydroxylation is 1. The lowest BCUT2D eigenvalue weighted by atomic mass is 9.78. The van der Waals surface area contributed by atoms with Crippen molar-refractivity contribution in [2.24, 2.45) is 7.05 Å². The van der Waals surface area contributed by atoms with Gasteiger partial charge in [-0.05, 0) is 44.9 Å². The summed E-state index contributed by atoms with van der Waals surface area (Å²) in [6.45, 7) is 25.7. The molecule has 3 aromatic rings. The predicted molar refractivity (Wildman–Crippen MR) is 148 cm³/mol. The van der Waals surface area contributed by atoms with Crippen LogP contribution in [0, 0.1) is 0 Å². The van der Waals surface area contributed by atoms with Crippen LogP contribution in [-0.2, 0) is 28.7 Å². The zero-order valence-corrected chi connectivity index (χ0v) is 24.6. The Morgan fingerprint density at radius 1 is 0.639 bits per heavy atom. The van der Waals surface area contributed by atoms with Crippen LogP contribution in [-0.4, -0.2) is 20.1 Å². The van der Waals surface area contributed by atoms with Gasteiger partial charge in [-0.3, -0.25) is 0 Å². The van der Waals surface area contributed by atoms with Crippen molar-refractivity contribution in [1.82, 2.24) is 9.90 Å². The van der Waals surface area contributed by atoms with Crippen molar-refractivity contribution in [3.8, 4) is 28.4 Å². The average molecular weight is 493 g/mol. The Hall–Kier alpha value is -2.82. The molecule has 36 heavy (non-hydrogen) atoms. The minimum absolute atomic E-state index is 0.0854. The van der Waals surface area contributed by atoms with Crippen molar-refractivity contribution in [2.75, 3.05) is 0 Å². The first kappa shape index (κ1) is 27.8. The Kier molecular flexibility index (Phi) is 6.66. The first-order valence-electron chi connectivity index (χ1n) is 12.8. The monoisotopic (exact) mass is 492 g/mol. The van der Waals surface area contributed by atoms with Crippen molar-refractivity contribution in [2.45, 2.75) is 105 Å². The lowest BCUT2D eigenvalue weighted by molar-refractivity contribution is -0.661. The second-order valence-corrected chi connectivity index (χ2v) is 14.3. The van der Waals surface area contributed by atoms with E-state index in [4.69, 9.17) is 5.21 Å². The number of benzene rings is 2. The van der Waals surface area contributed by atoms with E-state index in [1.165, 1.54) is 0 Å². The molecule has 0 aliphatic carbocycles. The number of hydrogen-bond donors (Lipinski definition) is 2. The molecule has 0 aliphatic rings. The number of rotatable bonds is 2. The van der Waals surface area contributed by atoms with Crippen LogP contribution in [0.1, 0.15) is 105 Å². The predicted octanol–water partition coefficient (Wildman–Crippen LogP) is 6.97. The van der Waals surface area contributed by atoms with Crippen LogP contribution in [0.3, 0.4) is 0 Å². The quantitative estimate of drug-likeness (QED) is 0.380. The molecule has 0 bridgehead atoms. The molecule has 0 saturated heterocycles. The van der Waals surface area contributed by atoms with E-state index in [1.807, 2.05) is 19.3 Å². The fourth-order valence-electron chi connectivity index (χ4n) is 4.41. The number of nitrogens with zero attached hydrogens (tertiary/aromatic N) is 3. The van der Waals surface area contributed by atoms with Gasteiger partial charge in [-0.2, -0.15) is 0 Å². The normalized spacial score (nSPS) is 13.4. The van der Waals surface area contributed by atoms with Crippen LogP contribution in [0.4, 0.5) is 0 Å². The molecule has 0 atom stereocenters. The van der Waals surface area contributed by atoms with Crippen LogP contribution in [0.2, 0.25) is 0 Å². The van der Waals surface area contributed by atoms with E-state index >= 15 is 0 Å². The Labute approximate surface area is 217 Å². The van der Waals surface area contributed by atoms with Crippen molar-refractivity contribution < 1.29 is 14.9 Å². The molecule has 2 N–H and O–H groups in total.